The molecule has 1 saturated heterocycles. The zero-order chi connectivity index (χ0) is 19.1. The van der Waals surface area contributed by atoms with Gasteiger partial charge in [-0.05, 0) is 44.0 Å². The Morgan fingerprint density at radius 1 is 1.04 bits per heavy atom. The Bertz CT molecular complexity index is 767. The Kier molecular flexibility index (Phi) is 6.35. The quantitative estimate of drug-likeness (QED) is 0.817. The Labute approximate surface area is 158 Å². The Hall–Kier alpha value is -2.96. The van der Waals surface area contributed by atoms with Crippen LogP contribution in [0.25, 0.3) is 0 Å². The summed E-state index contributed by atoms with van der Waals surface area (Å²) in [7, 11) is 0. The van der Waals surface area contributed by atoms with Crippen molar-refractivity contribution >= 4 is 23.3 Å². The average Bonchev–Trinajstić information content (AvgIpc) is 2.97. The smallest absolute Gasteiger partial charge is 0.359 e. The van der Waals surface area contributed by atoms with E-state index in [0.29, 0.717) is 11.4 Å². The number of anilines is 2. The van der Waals surface area contributed by atoms with E-state index in [1.807, 2.05) is 24.3 Å². The summed E-state index contributed by atoms with van der Waals surface area (Å²) in [6.07, 6.45) is 7.82. The van der Waals surface area contributed by atoms with Gasteiger partial charge in [0.1, 0.15) is 0 Å². The largest absolute Gasteiger partial charge is 0.451 e. The van der Waals surface area contributed by atoms with E-state index in [1.54, 1.807) is 6.92 Å². The molecule has 1 aliphatic rings. The topological polar surface area (TPSA) is 84.4 Å². The van der Waals surface area contributed by atoms with Crippen LogP contribution in [0.3, 0.4) is 0 Å². The predicted molar refractivity (Wildman–Crippen MR) is 103 cm³/mol. The van der Waals surface area contributed by atoms with Crippen molar-refractivity contribution in [3.63, 3.8) is 0 Å². The average molecular weight is 368 g/mol. The molecule has 0 saturated carbocycles. The second-order valence-corrected chi connectivity index (χ2v) is 6.62. The van der Waals surface area contributed by atoms with Gasteiger partial charge in [-0.2, -0.15) is 0 Å². The third kappa shape index (κ3) is 5.51. The Balaban J connectivity index is 1.48. The normalized spacial score (nSPS) is 14.3. The van der Waals surface area contributed by atoms with Crippen LogP contribution in [0.5, 0.6) is 0 Å². The SMILES string of the molecule is Cc1cnc(C(=O)OCC(=O)Nc2ccc(N3CCCCCC3)cc2)cn1. The summed E-state index contributed by atoms with van der Waals surface area (Å²) in [5, 5.41) is 2.73. The van der Waals surface area contributed by atoms with Gasteiger partial charge in [0.05, 0.1) is 11.9 Å². The van der Waals surface area contributed by atoms with Gasteiger partial charge in [0.15, 0.2) is 12.3 Å². The van der Waals surface area contributed by atoms with Crippen LogP contribution in [-0.4, -0.2) is 41.5 Å². The van der Waals surface area contributed by atoms with Crippen LogP contribution in [0.1, 0.15) is 41.9 Å². The number of ether oxygens (including phenoxy) is 1. The fraction of sp³-hybridized carbons (Fsp3) is 0.400. The van der Waals surface area contributed by atoms with E-state index in [1.165, 1.54) is 43.8 Å². The maximum Gasteiger partial charge on any atom is 0.359 e. The second kappa shape index (κ2) is 9.12. The number of hydrogen-bond acceptors (Lipinski definition) is 6. The monoisotopic (exact) mass is 368 g/mol. The molecular formula is C20H24N4O3. The van der Waals surface area contributed by atoms with Gasteiger partial charge in [-0.15, -0.1) is 0 Å². The molecule has 142 valence electrons. The van der Waals surface area contributed by atoms with Gasteiger partial charge in [-0.25, -0.2) is 9.78 Å². The highest BCUT2D eigenvalue weighted by molar-refractivity contribution is 5.94. The van der Waals surface area contributed by atoms with E-state index in [-0.39, 0.29) is 12.3 Å². The molecule has 7 nitrogen and oxygen atoms in total. The van der Waals surface area contributed by atoms with Crippen LogP contribution in [0.4, 0.5) is 11.4 Å². The number of esters is 1. The molecule has 0 unspecified atom stereocenters. The summed E-state index contributed by atoms with van der Waals surface area (Å²) in [6.45, 7) is 3.54. The summed E-state index contributed by atoms with van der Waals surface area (Å²) in [5.41, 5.74) is 2.62. The van der Waals surface area contributed by atoms with Crippen molar-refractivity contribution in [1.82, 2.24) is 9.97 Å². The molecule has 27 heavy (non-hydrogen) atoms. The summed E-state index contributed by atoms with van der Waals surface area (Å²) >= 11 is 0. The van der Waals surface area contributed by atoms with Crippen molar-refractivity contribution < 1.29 is 14.3 Å². The van der Waals surface area contributed by atoms with Gasteiger partial charge in [-0.1, -0.05) is 12.8 Å². The van der Waals surface area contributed by atoms with Gasteiger partial charge in [0.2, 0.25) is 0 Å². The summed E-state index contributed by atoms with van der Waals surface area (Å²) < 4.78 is 4.97. The Morgan fingerprint density at radius 3 is 2.37 bits per heavy atom. The minimum absolute atomic E-state index is 0.0789. The minimum atomic E-state index is -0.672. The van der Waals surface area contributed by atoms with Gasteiger partial charge in [0.25, 0.3) is 5.91 Å². The molecule has 1 aromatic heterocycles. The number of benzene rings is 1. The highest BCUT2D eigenvalue weighted by atomic mass is 16.5. The van der Waals surface area contributed by atoms with Crippen molar-refractivity contribution in [3.8, 4) is 0 Å². The number of amides is 1. The zero-order valence-electron chi connectivity index (χ0n) is 15.5. The number of carbonyl (C=O) groups is 2. The molecule has 2 heterocycles. The van der Waals surface area contributed by atoms with Gasteiger partial charge in [-0.3, -0.25) is 9.78 Å². The first-order valence-electron chi connectivity index (χ1n) is 9.22. The molecule has 1 amide bonds. The van der Waals surface area contributed by atoms with Gasteiger partial charge in [0, 0.05) is 30.7 Å². The number of aromatic nitrogens is 2. The van der Waals surface area contributed by atoms with Crippen LogP contribution >= 0.6 is 0 Å². The lowest BCUT2D eigenvalue weighted by Gasteiger charge is -2.22. The second-order valence-electron chi connectivity index (χ2n) is 6.62. The predicted octanol–water partition coefficient (Wildman–Crippen LogP) is 2.96. The minimum Gasteiger partial charge on any atom is -0.451 e. The molecule has 0 spiro atoms. The van der Waals surface area contributed by atoms with Crippen LogP contribution in [-0.2, 0) is 9.53 Å². The molecule has 3 rings (SSSR count). The molecule has 7 heteroatoms. The third-order valence-corrected chi connectivity index (χ3v) is 4.45. The maximum atomic E-state index is 12.0. The van der Waals surface area contributed by atoms with Crippen molar-refractivity contribution in [2.24, 2.45) is 0 Å². The highest BCUT2D eigenvalue weighted by Crippen LogP contribution is 2.21. The molecule has 1 N–H and O–H groups in total. The summed E-state index contributed by atoms with van der Waals surface area (Å²) in [6, 6.07) is 7.75. The first kappa shape index (κ1) is 18.8. The van der Waals surface area contributed by atoms with Crippen LogP contribution in [0.15, 0.2) is 36.7 Å². The molecular weight excluding hydrogens is 344 g/mol. The van der Waals surface area contributed by atoms with Gasteiger partial charge >= 0.3 is 5.97 Å². The summed E-state index contributed by atoms with van der Waals surface area (Å²) in [4.78, 5) is 34.1. The van der Waals surface area contributed by atoms with Crippen molar-refractivity contribution in [3.05, 3.63) is 48.0 Å². The van der Waals surface area contributed by atoms with E-state index >= 15 is 0 Å². The number of hydrogen-bond donors (Lipinski definition) is 1. The zero-order valence-corrected chi connectivity index (χ0v) is 15.5. The molecule has 0 atom stereocenters. The number of nitrogens with zero attached hydrogens (tertiary/aromatic N) is 3. The maximum absolute atomic E-state index is 12.0. The third-order valence-electron chi connectivity index (χ3n) is 4.45. The number of nitrogens with one attached hydrogen (secondary N) is 1. The number of aryl methyl sites for hydroxylation is 1. The fourth-order valence-corrected chi connectivity index (χ4v) is 2.98. The number of rotatable bonds is 5. The fourth-order valence-electron chi connectivity index (χ4n) is 2.98. The summed E-state index contributed by atoms with van der Waals surface area (Å²) in [5.74, 6) is -1.07. The van der Waals surface area contributed by atoms with Crippen LogP contribution in [0, 0.1) is 6.92 Å². The van der Waals surface area contributed by atoms with Crippen molar-refractivity contribution in [2.45, 2.75) is 32.6 Å². The Morgan fingerprint density at radius 2 is 1.74 bits per heavy atom. The molecule has 1 aromatic carbocycles. The lowest BCUT2D eigenvalue weighted by molar-refractivity contribution is -0.119. The van der Waals surface area contributed by atoms with E-state index in [2.05, 4.69) is 20.2 Å². The number of carbonyl (C=O) groups excluding carboxylic acids is 2. The molecule has 0 radical (unpaired) electrons. The molecule has 0 bridgehead atoms. The van der Waals surface area contributed by atoms with Gasteiger partial charge < -0.3 is 15.0 Å². The van der Waals surface area contributed by atoms with Crippen molar-refractivity contribution in [2.75, 3.05) is 29.9 Å². The first-order valence-corrected chi connectivity index (χ1v) is 9.22. The molecule has 0 aliphatic carbocycles. The van der Waals surface area contributed by atoms with Crippen molar-refractivity contribution in [1.29, 1.82) is 0 Å². The standard InChI is InChI=1S/C20H24N4O3/c1-15-12-22-18(13-21-15)20(26)27-14-19(25)23-16-6-8-17(9-7-16)24-10-4-2-3-5-11-24/h6-9,12-13H,2-5,10-11,14H2,1H3,(H,23,25). The lowest BCUT2D eigenvalue weighted by atomic mass is 10.2. The van der Waals surface area contributed by atoms with E-state index in [0.717, 1.165) is 13.1 Å². The molecule has 2 aromatic rings. The molecule has 1 fully saturated rings. The first-order chi connectivity index (χ1) is 13.1. The van der Waals surface area contributed by atoms with E-state index in [4.69, 9.17) is 4.74 Å². The van der Waals surface area contributed by atoms with E-state index < -0.39 is 11.9 Å². The van der Waals surface area contributed by atoms with Crippen LogP contribution < -0.4 is 10.2 Å². The molecule has 1 aliphatic heterocycles. The lowest BCUT2D eigenvalue weighted by Crippen LogP contribution is -2.24. The highest BCUT2D eigenvalue weighted by Gasteiger charge is 2.13. The van der Waals surface area contributed by atoms with E-state index in [9.17, 15) is 9.59 Å². The van der Waals surface area contributed by atoms with Crippen LogP contribution in [0.2, 0.25) is 0 Å².